The minimum atomic E-state index is -1.22. The molecule has 1 amide bonds. The van der Waals surface area contributed by atoms with Gasteiger partial charge in [-0.2, -0.15) is 0 Å². The largest absolute Gasteiger partial charge is 0.479 e. The maximum atomic E-state index is 12.7. The number of thiazole rings is 1. The number of nitrogens with zero attached hydrogens (tertiary/aromatic N) is 2. The summed E-state index contributed by atoms with van der Waals surface area (Å²) in [7, 11) is 0. The number of hydrogen-bond donors (Lipinski definition) is 2. The molecular formula is C16H25N3O3S. The van der Waals surface area contributed by atoms with Crippen LogP contribution in [0.5, 0.6) is 0 Å². The normalized spacial score (nSPS) is 21.5. The molecule has 0 unspecified atom stereocenters. The molecule has 23 heavy (non-hydrogen) atoms. The molecule has 1 aromatic heterocycles. The second-order valence-corrected chi connectivity index (χ2v) is 8.26. The minimum absolute atomic E-state index is 0.142. The molecule has 6 nitrogen and oxygen atoms in total. The maximum Gasteiger partial charge on any atom is 0.329 e. The number of carboxylic acid groups (broad SMARTS) is 1. The van der Waals surface area contributed by atoms with Crippen LogP contribution in [-0.4, -0.2) is 45.0 Å². The van der Waals surface area contributed by atoms with Crippen LogP contribution in [0.1, 0.15) is 44.8 Å². The number of aryl methyl sites for hydroxylation is 1. The number of hydrogen-bond acceptors (Lipinski definition) is 5. The average Bonchev–Trinajstić information content (AvgIpc) is 3.00. The fourth-order valence-electron chi connectivity index (χ4n) is 2.87. The zero-order valence-electron chi connectivity index (χ0n) is 14.3. The van der Waals surface area contributed by atoms with E-state index in [4.69, 9.17) is 0 Å². The molecular weight excluding hydrogens is 314 g/mol. The fourth-order valence-corrected chi connectivity index (χ4v) is 3.48. The second-order valence-electron chi connectivity index (χ2n) is 7.20. The van der Waals surface area contributed by atoms with Gasteiger partial charge >= 0.3 is 5.97 Å². The SMILES string of the molecule is Cc1nc(CN[C@H]2CCN([C@](C)(C(=O)O)C(C)(C)C)C2=O)cs1. The zero-order chi connectivity index (χ0) is 17.4. The molecule has 0 saturated carbocycles. The molecule has 0 spiro atoms. The molecule has 0 aromatic carbocycles. The van der Waals surface area contributed by atoms with Crippen molar-refractivity contribution in [3.8, 4) is 0 Å². The van der Waals surface area contributed by atoms with Gasteiger partial charge in [0.05, 0.1) is 16.7 Å². The van der Waals surface area contributed by atoms with E-state index in [1.807, 2.05) is 33.1 Å². The standard InChI is InChI=1S/C16H25N3O3S/c1-10-18-11(9-23-10)8-17-12-6-7-19(13(12)20)16(5,14(21)22)15(2,3)4/h9,12,17H,6-8H2,1-5H3,(H,21,22)/t12-,16+/m0/s1. The van der Waals surface area contributed by atoms with Crippen LogP contribution >= 0.6 is 11.3 Å². The summed E-state index contributed by atoms with van der Waals surface area (Å²) in [6, 6.07) is -0.349. The lowest BCUT2D eigenvalue weighted by molar-refractivity contribution is -0.164. The predicted molar refractivity (Wildman–Crippen MR) is 89.3 cm³/mol. The van der Waals surface area contributed by atoms with Gasteiger partial charge in [-0.05, 0) is 25.7 Å². The number of rotatable bonds is 5. The molecule has 2 rings (SSSR count). The van der Waals surface area contributed by atoms with E-state index in [1.165, 1.54) is 4.90 Å². The Balaban J connectivity index is 2.09. The summed E-state index contributed by atoms with van der Waals surface area (Å²) in [6.45, 7) is 10.1. The average molecular weight is 339 g/mol. The van der Waals surface area contributed by atoms with E-state index in [0.717, 1.165) is 10.7 Å². The molecule has 2 heterocycles. The first kappa shape index (κ1) is 17.9. The van der Waals surface area contributed by atoms with Crippen LogP contribution in [0.25, 0.3) is 0 Å². The topological polar surface area (TPSA) is 82.5 Å². The highest BCUT2D eigenvalue weighted by Crippen LogP contribution is 2.38. The third-order valence-corrected chi connectivity index (χ3v) is 5.64. The van der Waals surface area contributed by atoms with E-state index in [1.54, 1.807) is 18.3 Å². The highest BCUT2D eigenvalue weighted by atomic mass is 32.1. The Morgan fingerprint density at radius 1 is 1.48 bits per heavy atom. The first-order valence-electron chi connectivity index (χ1n) is 7.76. The van der Waals surface area contributed by atoms with Gasteiger partial charge in [0.1, 0.15) is 5.54 Å². The summed E-state index contributed by atoms with van der Waals surface area (Å²) in [5.74, 6) is -1.11. The van der Waals surface area contributed by atoms with Crippen molar-refractivity contribution in [3.05, 3.63) is 16.1 Å². The number of likely N-dealkylation sites (tertiary alicyclic amines) is 1. The molecule has 2 N–H and O–H groups in total. The van der Waals surface area contributed by atoms with E-state index in [9.17, 15) is 14.7 Å². The Hall–Kier alpha value is -1.47. The number of amides is 1. The second kappa shape index (κ2) is 6.20. The fraction of sp³-hybridized carbons (Fsp3) is 0.688. The van der Waals surface area contributed by atoms with Crippen molar-refractivity contribution in [3.63, 3.8) is 0 Å². The highest BCUT2D eigenvalue weighted by Gasteiger charge is 2.54. The molecule has 0 aliphatic carbocycles. The highest BCUT2D eigenvalue weighted by molar-refractivity contribution is 7.09. The molecule has 1 aliphatic rings. The third kappa shape index (κ3) is 3.26. The van der Waals surface area contributed by atoms with Gasteiger partial charge in [0.2, 0.25) is 5.91 Å². The molecule has 2 atom stereocenters. The lowest BCUT2D eigenvalue weighted by Gasteiger charge is -2.45. The summed E-state index contributed by atoms with van der Waals surface area (Å²) in [5, 5.41) is 15.9. The van der Waals surface area contributed by atoms with Gasteiger partial charge in [0.15, 0.2) is 0 Å². The number of aliphatic carboxylic acids is 1. The molecule has 7 heteroatoms. The number of carboxylic acids is 1. The number of carbonyl (C=O) groups is 2. The zero-order valence-corrected chi connectivity index (χ0v) is 15.2. The Bertz CT molecular complexity index is 608. The van der Waals surface area contributed by atoms with Crippen molar-refractivity contribution < 1.29 is 14.7 Å². The molecule has 1 saturated heterocycles. The van der Waals surface area contributed by atoms with E-state index >= 15 is 0 Å². The first-order valence-corrected chi connectivity index (χ1v) is 8.64. The van der Waals surface area contributed by atoms with Gasteiger partial charge in [0, 0.05) is 18.5 Å². The molecule has 1 aliphatic heterocycles. The Labute approximate surface area is 140 Å². The predicted octanol–water partition coefficient (Wildman–Crippen LogP) is 2.03. The summed E-state index contributed by atoms with van der Waals surface area (Å²) < 4.78 is 0. The van der Waals surface area contributed by atoms with Gasteiger partial charge in [-0.1, -0.05) is 20.8 Å². The van der Waals surface area contributed by atoms with Gasteiger partial charge in [-0.3, -0.25) is 4.79 Å². The van der Waals surface area contributed by atoms with E-state index in [0.29, 0.717) is 19.5 Å². The third-order valence-electron chi connectivity index (χ3n) is 4.82. The van der Waals surface area contributed by atoms with Crippen LogP contribution in [-0.2, 0) is 16.1 Å². The van der Waals surface area contributed by atoms with Crippen molar-refractivity contribution in [2.75, 3.05) is 6.54 Å². The number of aromatic nitrogens is 1. The number of carbonyl (C=O) groups excluding carboxylic acids is 1. The lowest BCUT2D eigenvalue weighted by atomic mass is 9.73. The van der Waals surface area contributed by atoms with Gasteiger partial charge in [-0.15, -0.1) is 11.3 Å². The van der Waals surface area contributed by atoms with Crippen LogP contribution in [0.4, 0.5) is 0 Å². The summed E-state index contributed by atoms with van der Waals surface area (Å²) in [6.07, 6.45) is 0.612. The monoisotopic (exact) mass is 339 g/mol. The summed E-state index contributed by atoms with van der Waals surface area (Å²) >= 11 is 1.58. The van der Waals surface area contributed by atoms with Crippen molar-refractivity contribution >= 4 is 23.2 Å². The van der Waals surface area contributed by atoms with Gasteiger partial charge in [-0.25, -0.2) is 9.78 Å². The Kier molecular flexibility index (Phi) is 4.82. The summed E-state index contributed by atoms with van der Waals surface area (Å²) in [5.41, 5.74) is -0.872. The Morgan fingerprint density at radius 2 is 2.13 bits per heavy atom. The van der Waals surface area contributed by atoms with Crippen LogP contribution in [0.3, 0.4) is 0 Å². The molecule has 1 fully saturated rings. The van der Waals surface area contributed by atoms with E-state index in [-0.39, 0.29) is 11.9 Å². The van der Waals surface area contributed by atoms with Crippen LogP contribution in [0.2, 0.25) is 0 Å². The maximum absolute atomic E-state index is 12.7. The van der Waals surface area contributed by atoms with Gasteiger partial charge in [0.25, 0.3) is 0 Å². The van der Waals surface area contributed by atoms with Crippen molar-refractivity contribution in [2.24, 2.45) is 5.41 Å². The van der Waals surface area contributed by atoms with Crippen LogP contribution in [0.15, 0.2) is 5.38 Å². The van der Waals surface area contributed by atoms with E-state index in [2.05, 4.69) is 10.3 Å². The first-order chi connectivity index (χ1) is 10.6. The smallest absolute Gasteiger partial charge is 0.329 e. The van der Waals surface area contributed by atoms with Crippen molar-refractivity contribution in [1.29, 1.82) is 0 Å². The quantitative estimate of drug-likeness (QED) is 0.858. The Morgan fingerprint density at radius 3 is 2.61 bits per heavy atom. The molecule has 0 radical (unpaired) electrons. The minimum Gasteiger partial charge on any atom is -0.479 e. The molecule has 128 valence electrons. The van der Waals surface area contributed by atoms with E-state index < -0.39 is 16.9 Å². The van der Waals surface area contributed by atoms with Crippen molar-refractivity contribution in [1.82, 2.24) is 15.2 Å². The lowest BCUT2D eigenvalue weighted by Crippen LogP contribution is -2.61. The van der Waals surface area contributed by atoms with Gasteiger partial charge < -0.3 is 15.3 Å². The van der Waals surface area contributed by atoms with Crippen LogP contribution < -0.4 is 5.32 Å². The van der Waals surface area contributed by atoms with Crippen molar-refractivity contribution in [2.45, 2.75) is 59.2 Å². The number of nitrogens with one attached hydrogen (secondary N) is 1. The molecule has 0 bridgehead atoms. The van der Waals surface area contributed by atoms with Crippen LogP contribution in [0, 0.1) is 12.3 Å². The molecule has 1 aromatic rings. The summed E-state index contributed by atoms with van der Waals surface area (Å²) in [4.78, 5) is 30.5.